The molecule has 0 aliphatic carbocycles. The van der Waals surface area contributed by atoms with Crippen LogP contribution >= 0.6 is 0 Å². The molecule has 25 heavy (non-hydrogen) atoms. The van der Waals surface area contributed by atoms with E-state index >= 15 is 0 Å². The van der Waals surface area contributed by atoms with Crippen molar-refractivity contribution in [3.8, 4) is 11.5 Å². The average molecular weight is 344 g/mol. The molecule has 3 rings (SSSR count). The summed E-state index contributed by atoms with van der Waals surface area (Å²) in [7, 11) is 1.76. The number of nitrogens with one attached hydrogen (secondary N) is 1. The minimum absolute atomic E-state index is 0.0184. The summed E-state index contributed by atoms with van der Waals surface area (Å²) in [5.74, 6) is 1.45. The summed E-state index contributed by atoms with van der Waals surface area (Å²) in [5, 5.41) is 2.72. The highest BCUT2D eigenvalue weighted by atomic mass is 16.7. The van der Waals surface area contributed by atoms with E-state index in [1.54, 1.807) is 24.1 Å². The summed E-state index contributed by atoms with van der Waals surface area (Å²) in [4.78, 5) is 25.5. The molecule has 0 saturated heterocycles. The van der Waals surface area contributed by atoms with E-state index in [1.165, 1.54) is 6.26 Å². The summed E-state index contributed by atoms with van der Waals surface area (Å²) < 4.78 is 15.6. The Morgan fingerprint density at radius 1 is 1.20 bits per heavy atom. The van der Waals surface area contributed by atoms with Crippen LogP contribution in [0.1, 0.15) is 29.0 Å². The molecule has 132 valence electrons. The molecule has 0 fully saturated rings. The van der Waals surface area contributed by atoms with Gasteiger partial charge < -0.3 is 24.1 Å². The molecule has 2 heterocycles. The van der Waals surface area contributed by atoms with Crippen molar-refractivity contribution in [3.63, 3.8) is 0 Å². The van der Waals surface area contributed by atoms with E-state index in [2.05, 4.69) is 5.32 Å². The average Bonchev–Trinajstić information content (AvgIpc) is 3.29. The Hall–Kier alpha value is -2.96. The minimum Gasteiger partial charge on any atom is -0.459 e. The van der Waals surface area contributed by atoms with Crippen LogP contribution < -0.4 is 14.8 Å². The van der Waals surface area contributed by atoms with Crippen molar-refractivity contribution in [2.75, 3.05) is 20.4 Å². The fourth-order valence-electron chi connectivity index (χ4n) is 2.53. The normalized spacial score (nSPS) is 12.0. The Morgan fingerprint density at radius 2 is 2.04 bits per heavy atom. The van der Waals surface area contributed by atoms with Gasteiger partial charge in [-0.3, -0.25) is 9.59 Å². The van der Waals surface area contributed by atoms with Gasteiger partial charge in [-0.05, 0) is 36.2 Å². The summed E-state index contributed by atoms with van der Waals surface area (Å²) in [6, 6.07) is 8.90. The van der Waals surface area contributed by atoms with Gasteiger partial charge in [-0.2, -0.15) is 0 Å². The molecule has 1 aromatic carbocycles. The highest BCUT2D eigenvalue weighted by molar-refractivity contribution is 5.91. The van der Waals surface area contributed by atoms with E-state index in [-0.39, 0.29) is 24.4 Å². The van der Waals surface area contributed by atoms with Gasteiger partial charge >= 0.3 is 0 Å². The Balaban J connectivity index is 1.40. The number of amides is 2. The molecule has 0 radical (unpaired) electrons. The standard InChI is InChI=1S/C18H20N2O5/c1-20(11-13-6-7-14-16(10-13)25-12-24-14)17(21)5-2-8-19-18(22)15-4-3-9-23-15/h3-4,6-7,9-10H,2,5,8,11-12H2,1H3,(H,19,22). The lowest BCUT2D eigenvalue weighted by molar-refractivity contribution is -0.130. The van der Waals surface area contributed by atoms with Crippen molar-refractivity contribution in [1.82, 2.24) is 10.2 Å². The van der Waals surface area contributed by atoms with Gasteiger partial charge in [0.15, 0.2) is 17.3 Å². The summed E-state index contributed by atoms with van der Waals surface area (Å²) in [5.41, 5.74) is 0.978. The second kappa shape index (κ2) is 7.74. The number of benzene rings is 1. The number of ether oxygens (including phenoxy) is 2. The van der Waals surface area contributed by atoms with Gasteiger partial charge in [0.25, 0.3) is 5.91 Å². The van der Waals surface area contributed by atoms with E-state index in [9.17, 15) is 9.59 Å². The van der Waals surface area contributed by atoms with E-state index < -0.39 is 0 Å². The predicted molar refractivity (Wildman–Crippen MR) is 89.3 cm³/mol. The lowest BCUT2D eigenvalue weighted by atomic mass is 10.2. The molecule has 0 saturated carbocycles. The molecular formula is C18H20N2O5. The Kier molecular flexibility index (Phi) is 5.23. The molecule has 0 spiro atoms. The van der Waals surface area contributed by atoms with Gasteiger partial charge in [-0.25, -0.2) is 0 Å². The molecule has 1 aromatic heterocycles. The SMILES string of the molecule is CN(Cc1ccc2c(c1)OCO2)C(=O)CCCNC(=O)c1ccco1. The molecule has 1 aliphatic rings. The smallest absolute Gasteiger partial charge is 0.286 e. The summed E-state index contributed by atoms with van der Waals surface area (Å²) in [6.45, 7) is 1.15. The topological polar surface area (TPSA) is 81.0 Å². The van der Waals surface area contributed by atoms with E-state index in [4.69, 9.17) is 13.9 Å². The lowest BCUT2D eigenvalue weighted by Crippen LogP contribution is -2.28. The number of nitrogens with zero attached hydrogens (tertiary/aromatic N) is 1. The van der Waals surface area contributed by atoms with Crippen molar-refractivity contribution in [3.05, 3.63) is 47.9 Å². The van der Waals surface area contributed by atoms with Crippen molar-refractivity contribution in [1.29, 1.82) is 0 Å². The van der Waals surface area contributed by atoms with E-state index in [0.29, 0.717) is 31.7 Å². The Bertz CT molecular complexity index is 742. The maximum absolute atomic E-state index is 12.2. The molecule has 1 N–H and O–H groups in total. The zero-order valence-electron chi connectivity index (χ0n) is 14.0. The van der Waals surface area contributed by atoms with Gasteiger partial charge in [-0.1, -0.05) is 6.07 Å². The molecule has 0 atom stereocenters. The third-order valence-corrected chi connectivity index (χ3v) is 3.88. The maximum Gasteiger partial charge on any atom is 0.286 e. The van der Waals surface area contributed by atoms with Gasteiger partial charge in [0, 0.05) is 26.6 Å². The number of furan rings is 1. The monoisotopic (exact) mass is 344 g/mol. The Morgan fingerprint density at radius 3 is 2.84 bits per heavy atom. The summed E-state index contributed by atoms with van der Waals surface area (Å²) in [6.07, 6.45) is 2.37. The van der Waals surface area contributed by atoms with Crippen LogP contribution in [0.15, 0.2) is 41.0 Å². The Labute approximate surface area is 145 Å². The third kappa shape index (κ3) is 4.32. The zero-order valence-corrected chi connectivity index (χ0v) is 14.0. The van der Waals surface area contributed by atoms with Crippen LogP contribution in [0.5, 0.6) is 11.5 Å². The van der Waals surface area contributed by atoms with Crippen LogP contribution in [0.4, 0.5) is 0 Å². The zero-order chi connectivity index (χ0) is 17.6. The van der Waals surface area contributed by atoms with Crippen LogP contribution in [0.3, 0.4) is 0 Å². The van der Waals surface area contributed by atoms with Gasteiger partial charge in [0.1, 0.15) is 0 Å². The van der Waals surface area contributed by atoms with Crippen LogP contribution in [0.25, 0.3) is 0 Å². The highest BCUT2D eigenvalue weighted by Crippen LogP contribution is 2.32. The molecule has 2 amide bonds. The van der Waals surface area contributed by atoms with Crippen molar-refractivity contribution < 1.29 is 23.5 Å². The quantitative estimate of drug-likeness (QED) is 0.779. The first-order valence-electron chi connectivity index (χ1n) is 8.07. The van der Waals surface area contributed by atoms with Crippen LogP contribution in [-0.4, -0.2) is 37.1 Å². The number of carbonyl (C=O) groups is 2. The molecular weight excluding hydrogens is 324 g/mol. The summed E-state index contributed by atoms with van der Waals surface area (Å²) >= 11 is 0. The number of hydrogen-bond acceptors (Lipinski definition) is 5. The first-order chi connectivity index (χ1) is 12.1. The first kappa shape index (κ1) is 16.9. The number of carbonyl (C=O) groups excluding carboxylic acids is 2. The van der Waals surface area contributed by atoms with Gasteiger partial charge in [0.05, 0.1) is 6.26 Å². The maximum atomic E-state index is 12.2. The van der Waals surface area contributed by atoms with Crippen molar-refractivity contribution in [2.45, 2.75) is 19.4 Å². The molecule has 1 aliphatic heterocycles. The molecule has 0 bridgehead atoms. The fourth-order valence-corrected chi connectivity index (χ4v) is 2.53. The van der Waals surface area contributed by atoms with Crippen LogP contribution in [0, 0.1) is 0 Å². The van der Waals surface area contributed by atoms with Gasteiger partial charge in [0.2, 0.25) is 12.7 Å². The van der Waals surface area contributed by atoms with Gasteiger partial charge in [-0.15, -0.1) is 0 Å². The number of fused-ring (bicyclic) bond motifs is 1. The largest absolute Gasteiger partial charge is 0.459 e. The molecule has 2 aromatic rings. The molecule has 0 unspecified atom stereocenters. The van der Waals surface area contributed by atoms with Crippen LogP contribution in [-0.2, 0) is 11.3 Å². The highest BCUT2D eigenvalue weighted by Gasteiger charge is 2.15. The lowest BCUT2D eigenvalue weighted by Gasteiger charge is -2.17. The van der Waals surface area contributed by atoms with E-state index in [1.807, 2.05) is 18.2 Å². The van der Waals surface area contributed by atoms with E-state index in [0.717, 1.165) is 11.3 Å². The fraction of sp³-hybridized carbons (Fsp3) is 0.333. The second-order valence-corrected chi connectivity index (χ2v) is 5.77. The first-order valence-corrected chi connectivity index (χ1v) is 8.07. The van der Waals surface area contributed by atoms with Crippen molar-refractivity contribution >= 4 is 11.8 Å². The minimum atomic E-state index is -0.272. The number of hydrogen-bond donors (Lipinski definition) is 1. The molecule has 7 nitrogen and oxygen atoms in total. The van der Waals surface area contributed by atoms with Crippen molar-refractivity contribution in [2.24, 2.45) is 0 Å². The predicted octanol–water partition coefficient (Wildman–Crippen LogP) is 2.18. The second-order valence-electron chi connectivity index (χ2n) is 5.77. The number of rotatable bonds is 7. The third-order valence-electron chi connectivity index (χ3n) is 3.88. The van der Waals surface area contributed by atoms with Crippen LogP contribution in [0.2, 0.25) is 0 Å². The molecule has 7 heteroatoms.